The summed E-state index contributed by atoms with van der Waals surface area (Å²) in [7, 11) is 0. The molecule has 4 nitrogen and oxygen atoms in total. The lowest BCUT2D eigenvalue weighted by atomic mass is 10.3. The molecule has 0 saturated heterocycles. The molecule has 0 atom stereocenters. The molecule has 1 rings (SSSR count). The van der Waals surface area contributed by atoms with Crippen LogP contribution in [0, 0.1) is 11.3 Å². The maximum atomic E-state index is 10.6. The SMILES string of the molecule is CSc1n[nH]c(=O)cc1C#N. The highest BCUT2D eigenvalue weighted by Crippen LogP contribution is 2.12. The van der Waals surface area contributed by atoms with Crippen molar-refractivity contribution in [3.05, 3.63) is 22.0 Å². The Morgan fingerprint density at radius 1 is 1.82 bits per heavy atom. The molecule has 1 aromatic rings. The highest BCUT2D eigenvalue weighted by Gasteiger charge is 2.01. The number of thioether (sulfide) groups is 1. The van der Waals surface area contributed by atoms with Gasteiger partial charge >= 0.3 is 0 Å². The summed E-state index contributed by atoms with van der Waals surface area (Å²) >= 11 is 1.32. The summed E-state index contributed by atoms with van der Waals surface area (Å²) in [6.45, 7) is 0. The minimum absolute atomic E-state index is 0.321. The Morgan fingerprint density at radius 2 is 2.55 bits per heavy atom. The zero-order valence-corrected chi connectivity index (χ0v) is 6.60. The number of nitriles is 1. The first kappa shape index (κ1) is 7.82. The first-order valence-electron chi connectivity index (χ1n) is 2.81. The third-order valence-corrected chi connectivity index (χ3v) is 1.79. The first-order valence-corrected chi connectivity index (χ1v) is 4.04. The van der Waals surface area contributed by atoms with Crippen LogP contribution in [0.3, 0.4) is 0 Å². The molecule has 0 aliphatic heterocycles. The summed E-state index contributed by atoms with van der Waals surface area (Å²) in [4.78, 5) is 10.6. The molecule has 0 aliphatic carbocycles. The molecule has 1 heterocycles. The number of H-pyrrole nitrogens is 1. The fourth-order valence-electron chi connectivity index (χ4n) is 0.627. The van der Waals surface area contributed by atoms with Crippen molar-refractivity contribution in [3.63, 3.8) is 0 Å². The Balaban J connectivity index is 3.30. The fourth-order valence-corrected chi connectivity index (χ4v) is 1.09. The number of aromatic nitrogens is 2. The van der Waals surface area contributed by atoms with Gasteiger partial charge in [0.15, 0.2) is 0 Å². The van der Waals surface area contributed by atoms with Crippen molar-refractivity contribution in [1.29, 1.82) is 5.26 Å². The second kappa shape index (κ2) is 3.21. The van der Waals surface area contributed by atoms with E-state index in [1.54, 1.807) is 6.26 Å². The molecule has 56 valence electrons. The van der Waals surface area contributed by atoms with E-state index in [-0.39, 0.29) is 5.56 Å². The van der Waals surface area contributed by atoms with Gasteiger partial charge < -0.3 is 0 Å². The quantitative estimate of drug-likeness (QED) is 0.613. The average molecular weight is 167 g/mol. The molecule has 0 radical (unpaired) electrons. The van der Waals surface area contributed by atoms with E-state index < -0.39 is 0 Å². The Morgan fingerprint density at radius 3 is 3.09 bits per heavy atom. The van der Waals surface area contributed by atoms with Crippen LogP contribution >= 0.6 is 11.8 Å². The monoisotopic (exact) mass is 167 g/mol. The lowest BCUT2D eigenvalue weighted by Crippen LogP contribution is -2.08. The van der Waals surface area contributed by atoms with Crippen molar-refractivity contribution in [3.8, 4) is 6.07 Å². The maximum Gasteiger partial charge on any atom is 0.265 e. The zero-order chi connectivity index (χ0) is 8.27. The summed E-state index contributed by atoms with van der Waals surface area (Å²) in [6.07, 6.45) is 1.79. The largest absolute Gasteiger partial charge is 0.268 e. The van der Waals surface area contributed by atoms with Gasteiger partial charge in [-0.15, -0.1) is 11.8 Å². The summed E-state index contributed by atoms with van der Waals surface area (Å²) in [5, 5.41) is 15.0. The lowest BCUT2D eigenvalue weighted by Gasteiger charge is -1.93. The van der Waals surface area contributed by atoms with E-state index in [0.29, 0.717) is 10.6 Å². The van der Waals surface area contributed by atoms with Gasteiger partial charge in [-0.25, -0.2) is 5.10 Å². The number of hydrogen-bond acceptors (Lipinski definition) is 4. The van der Waals surface area contributed by atoms with Gasteiger partial charge in [0.1, 0.15) is 11.1 Å². The van der Waals surface area contributed by atoms with Crippen LogP contribution in [-0.2, 0) is 0 Å². The number of aromatic amines is 1. The minimum atomic E-state index is -0.348. The van der Waals surface area contributed by atoms with Crippen molar-refractivity contribution in [1.82, 2.24) is 10.2 Å². The van der Waals surface area contributed by atoms with Crippen molar-refractivity contribution in [2.45, 2.75) is 5.03 Å². The molecule has 0 fully saturated rings. The van der Waals surface area contributed by atoms with Crippen LogP contribution in [0.2, 0.25) is 0 Å². The number of nitrogens with one attached hydrogen (secondary N) is 1. The van der Waals surface area contributed by atoms with Gasteiger partial charge in [-0.2, -0.15) is 10.4 Å². The highest BCUT2D eigenvalue weighted by molar-refractivity contribution is 7.98. The summed E-state index contributed by atoms with van der Waals surface area (Å²) < 4.78 is 0. The van der Waals surface area contributed by atoms with Gasteiger partial charge in [0.2, 0.25) is 0 Å². The fraction of sp³-hybridized carbons (Fsp3) is 0.167. The number of hydrogen-bond donors (Lipinski definition) is 1. The summed E-state index contributed by atoms with van der Waals surface area (Å²) in [5.41, 5.74) is -0.0272. The lowest BCUT2D eigenvalue weighted by molar-refractivity contribution is 0.892. The predicted molar refractivity (Wildman–Crippen MR) is 41.4 cm³/mol. The standard InChI is InChI=1S/C6H5N3OS/c1-11-6-4(3-7)2-5(10)8-9-6/h2H,1H3,(H,8,10). The van der Waals surface area contributed by atoms with Gasteiger partial charge in [0.25, 0.3) is 5.56 Å². The van der Waals surface area contributed by atoms with Gasteiger partial charge in [0, 0.05) is 6.07 Å². The van der Waals surface area contributed by atoms with Crippen LogP contribution in [0.15, 0.2) is 15.9 Å². The molecular weight excluding hydrogens is 162 g/mol. The van der Waals surface area contributed by atoms with Gasteiger partial charge in [-0.05, 0) is 6.26 Å². The van der Waals surface area contributed by atoms with Crippen molar-refractivity contribution >= 4 is 11.8 Å². The second-order valence-corrected chi connectivity index (χ2v) is 2.56. The Labute approximate surface area is 67.2 Å². The van der Waals surface area contributed by atoms with E-state index in [9.17, 15) is 4.79 Å². The molecular formula is C6H5N3OS. The van der Waals surface area contributed by atoms with Crippen LogP contribution in [0.5, 0.6) is 0 Å². The summed E-state index contributed by atoms with van der Waals surface area (Å²) in [6, 6.07) is 3.12. The summed E-state index contributed by atoms with van der Waals surface area (Å²) in [5.74, 6) is 0. The Hall–Kier alpha value is -1.28. The van der Waals surface area contributed by atoms with Gasteiger partial charge in [-0.3, -0.25) is 4.79 Å². The second-order valence-electron chi connectivity index (χ2n) is 1.77. The van der Waals surface area contributed by atoms with Crippen molar-refractivity contribution in [2.24, 2.45) is 0 Å². The molecule has 0 spiro atoms. The molecule has 0 amide bonds. The van der Waals surface area contributed by atoms with Crippen molar-refractivity contribution in [2.75, 3.05) is 6.26 Å². The molecule has 0 aliphatic rings. The van der Waals surface area contributed by atoms with Crippen molar-refractivity contribution < 1.29 is 0 Å². The third kappa shape index (κ3) is 1.59. The van der Waals surface area contributed by atoms with Crippen LogP contribution < -0.4 is 5.56 Å². The molecule has 0 saturated carbocycles. The van der Waals surface area contributed by atoms with Crippen LogP contribution in [0.4, 0.5) is 0 Å². The predicted octanol–water partition coefficient (Wildman–Crippen LogP) is 0.363. The van der Waals surface area contributed by atoms with Crippen LogP contribution in [0.25, 0.3) is 0 Å². The zero-order valence-electron chi connectivity index (χ0n) is 5.79. The van der Waals surface area contributed by atoms with Crippen LogP contribution in [-0.4, -0.2) is 16.5 Å². The highest BCUT2D eigenvalue weighted by atomic mass is 32.2. The molecule has 5 heteroatoms. The molecule has 0 unspecified atom stereocenters. The Kier molecular flexibility index (Phi) is 2.28. The molecule has 1 aromatic heterocycles. The molecule has 1 N–H and O–H groups in total. The molecule has 0 aromatic carbocycles. The molecule has 0 bridgehead atoms. The minimum Gasteiger partial charge on any atom is -0.268 e. The van der Waals surface area contributed by atoms with Gasteiger partial charge in [-0.1, -0.05) is 0 Å². The number of nitrogens with zero attached hydrogens (tertiary/aromatic N) is 2. The Bertz CT molecular complexity index is 352. The van der Waals surface area contributed by atoms with E-state index in [4.69, 9.17) is 5.26 Å². The van der Waals surface area contributed by atoms with E-state index in [1.165, 1.54) is 17.8 Å². The average Bonchev–Trinajstić information content (AvgIpc) is 2.04. The molecule has 11 heavy (non-hydrogen) atoms. The smallest absolute Gasteiger partial charge is 0.265 e. The van der Waals surface area contributed by atoms with E-state index in [0.717, 1.165) is 0 Å². The topological polar surface area (TPSA) is 69.5 Å². The van der Waals surface area contributed by atoms with E-state index in [1.807, 2.05) is 6.07 Å². The van der Waals surface area contributed by atoms with E-state index in [2.05, 4.69) is 10.2 Å². The van der Waals surface area contributed by atoms with E-state index >= 15 is 0 Å². The normalized spacial score (nSPS) is 9.09. The van der Waals surface area contributed by atoms with Crippen LogP contribution in [0.1, 0.15) is 5.56 Å². The van der Waals surface area contributed by atoms with Gasteiger partial charge in [0.05, 0.1) is 5.56 Å². The number of rotatable bonds is 1. The maximum absolute atomic E-state index is 10.6. The first-order chi connectivity index (χ1) is 5.27. The third-order valence-electron chi connectivity index (χ3n) is 1.09.